The molecule has 0 spiro atoms. The van der Waals surface area contributed by atoms with Crippen molar-refractivity contribution in [2.75, 3.05) is 0 Å². The van der Waals surface area contributed by atoms with Crippen LogP contribution >= 0.6 is 136 Å². The van der Waals surface area contributed by atoms with Gasteiger partial charge in [0.1, 0.15) is -1.13 Å². The van der Waals surface area contributed by atoms with Crippen LogP contribution in [0.4, 0.5) is 0 Å². The molecule has 0 aliphatic rings. The molecule has 0 atom stereocenters. The number of unbranched alkanes of at least 4 members (excludes halogenated alkanes) is 1. The van der Waals surface area contributed by atoms with Crippen LogP contribution in [0.2, 0.25) is 0 Å². The van der Waals surface area contributed by atoms with Crippen molar-refractivity contribution >= 4 is 136 Å². The quantitative estimate of drug-likeness (QED) is 0.170. The summed E-state index contributed by atoms with van der Waals surface area (Å²) in [6.07, 6.45) is 5.33. The molecular formula is C6H8I6. The Kier molecular flexibility index (Phi) is 10.5. The van der Waals surface area contributed by atoms with Crippen LogP contribution in [0.15, 0.2) is 0 Å². The fourth-order valence-corrected chi connectivity index (χ4v) is 2.94. The third-order valence-corrected chi connectivity index (χ3v) is 4.41. The third-order valence-electron chi connectivity index (χ3n) is 1.17. The summed E-state index contributed by atoms with van der Waals surface area (Å²) in [5, 5.41) is 0. The van der Waals surface area contributed by atoms with Gasteiger partial charge >= 0.3 is 0 Å². The maximum Gasteiger partial charge on any atom is 0.124 e. The van der Waals surface area contributed by atoms with Gasteiger partial charge in [-0.3, -0.25) is 0 Å². The van der Waals surface area contributed by atoms with Gasteiger partial charge in [0.2, 0.25) is 0 Å². The molecule has 0 aliphatic heterocycles. The standard InChI is InChI=1S/C6H8I6/c7-5(8,9)3-1-2-4-6(10,11)12/h1-4H2. The molecular weight excluding hydrogens is 833 g/mol. The summed E-state index contributed by atoms with van der Waals surface area (Å²) in [6, 6.07) is 0. The average molecular weight is 842 g/mol. The lowest BCUT2D eigenvalue weighted by Crippen LogP contribution is -2.01. The van der Waals surface area contributed by atoms with Gasteiger partial charge in [0.25, 0.3) is 0 Å². The summed E-state index contributed by atoms with van der Waals surface area (Å²) in [4.78, 5) is 0. The smallest absolute Gasteiger partial charge is 0.0554 e. The second-order valence-electron chi connectivity index (χ2n) is 2.44. The van der Waals surface area contributed by atoms with Gasteiger partial charge < -0.3 is 0 Å². The SMILES string of the molecule is IC(I)(I)CCCCC(I)(I)I. The summed E-state index contributed by atoms with van der Waals surface area (Å²) in [6.45, 7) is 0. The molecule has 6 heteroatoms. The van der Waals surface area contributed by atoms with Crippen LogP contribution in [0.3, 0.4) is 0 Å². The van der Waals surface area contributed by atoms with Gasteiger partial charge in [0.05, 0.1) is 0 Å². The first-order chi connectivity index (χ1) is 5.21. The molecule has 0 fully saturated rings. The van der Waals surface area contributed by atoms with E-state index in [1.807, 2.05) is 0 Å². The predicted octanol–water partition coefficient (Wildman–Crippen LogP) is 6.46. The van der Waals surface area contributed by atoms with Crippen molar-refractivity contribution < 1.29 is 0 Å². The fraction of sp³-hybridized carbons (Fsp3) is 1.00. The van der Waals surface area contributed by atoms with E-state index in [0.29, 0.717) is -1.13 Å². The summed E-state index contributed by atoms with van der Waals surface area (Å²) >= 11 is 15.0. The monoisotopic (exact) mass is 841 g/mol. The van der Waals surface area contributed by atoms with E-state index in [2.05, 4.69) is 136 Å². The summed E-state index contributed by atoms with van der Waals surface area (Å²) in [5.74, 6) is 0. The normalized spacial score (nSPS) is 13.5. The minimum atomic E-state index is 0.428. The van der Waals surface area contributed by atoms with Crippen molar-refractivity contribution in [2.45, 2.75) is 24.6 Å². The number of alkyl halides is 6. The molecule has 0 nitrogen and oxygen atoms in total. The lowest BCUT2D eigenvalue weighted by atomic mass is 10.2. The highest BCUT2D eigenvalue weighted by molar-refractivity contribution is 14.3. The van der Waals surface area contributed by atoms with E-state index in [4.69, 9.17) is 0 Å². The number of halogens is 6. The van der Waals surface area contributed by atoms with Crippen molar-refractivity contribution in [1.82, 2.24) is 0 Å². The second kappa shape index (κ2) is 7.66. The molecule has 0 bridgehead atoms. The summed E-state index contributed by atoms with van der Waals surface area (Å²) in [7, 11) is 0. The predicted molar refractivity (Wildman–Crippen MR) is 108 cm³/mol. The van der Waals surface area contributed by atoms with Crippen LogP contribution < -0.4 is 0 Å². The highest BCUT2D eigenvalue weighted by atomic mass is 127. The molecule has 12 heavy (non-hydrogen) atoms. The van der Waals surface area contributed by atoms with Crippen LogP contribution in [0, 0.1) is 0 Å². The lowest BCUT2D eigenvalue weighted by molar-refractivity contribution is 0.702. The summed E-state index contributed by atoms with van der Waals surface area (Å²) in [5.41, 5.74) is 0. The minimum absolute atomic E-state index is 0.428. The lowest BCUT2D eigenvalue weighted by Gasteiger charge is -2.14. The number of hydrogen-bond donors (Lipinski definition) is 0. The maximum atomic E-state index is 2.50. The number of rotatable bonds is 5. The van der Waals surface area contributed by atoms with E-state index in [-0.39, 0.29) is 0 Å². The van der Waals surface area contributed by atoms with E-state index in [9.17, 15) is 0 Å². The van der Waals surface area contributed by atoms with E-state index in [0.717, 1.165) is 0 Å². The van der Waals surface area contributed by atoms with Gasteiger partial charge in [-0.25, -0.2) is 0 Å². The first-order valence-corrected chi connectivity index (χ1v) is 9.81. The van der Waals surface area contributed by atoms with Gasteiger partial charge in [0.15, 0.2) is 0 Å². The highest BCUT2D eigenvalue weighted by Gasteiger charge is 2.19. The van der Waals surface area contributed by atoms with E-state index in [1.165, 1.54) is 25.7 Å². The van der Waals surface area contributed by atoms with Crippen LogP contribution in [-0.4, -0.2) is -1.13 Å². The first kappa shape index (κ1) is 16.4. The Balaban J connectivity index is 3.35. The molecule has 0 saturated carbocycles. The van der Waals surface area contributed by atoms with E-state index in [1.54, 1.807) is 0 Å². The zero-order chi connectivity index (χ0) is 9.83. The molecule has 0 rings (SSSR count). The first-order valence-electron chi connectivity index (χ1n) is 3.34. The molecule has 0 N–H and O–H groups in total. The zero-order valence-corrected chi connectivity index (χ0v) is 19.0. The molecule has 0 aromatic carbocycles. The fourth-order valence-electron chi connectivity index (χ4n) is 0.651. The molecule has 0 radical (unpaired) electrons. The maximum absolute atomic E-state index is 2.50. The molecule has 0 heterocycles. The Bertz CT molecular complexity index is 105. The van der Waals surface area contributed by atoms with Crippen LogP contribution in [0.5, 0.6) is 0 Å². The second-order valence-corrected chi connectivity index (χ2v) is 25.9. The molecule has 0 aromatic rings. The van der Waals surface area contributed by atoms with Gasteiger partial charge in [-0.05, 0) is 12.8 Å². The van der Waals surface area contributed by atoms with E-state index >= 15 is 0 Å². The van der Waals surface area contributed by atoms with Crippen LogP contribution in [0.25, 0.3) is 0 Å². The van der Waals surface area contributed by atoms with Crippen LogP contribution in [0.1, 0.15) is 25.7 Å². The van der Waals surface area contributed by atoms with Gasteiger partial charge in [0, 0.05) is 0 Å². The molecule has 74 valence electrons. The topological polar surface area (TPSA) is 0 Å². The zero-order valence-electron chi connectivity index (χ0n) is 6.10. The van der Waals surface area contributed by atoms with Gasteiger partial charge in [-0.1, -0.05) is 148 Å². The molecule has 0 unspecified atom stereocenters. The highest BCUT2D eigenvalue weighted by Crippen LogP contribution is 2.43. The largest absolute Gasteiger partial charge is 0.124 e. The van der Waals surface area contributed by atoms with Crippen molar-refractivity contribution in [3.8, 4) is 0 Å². The van der Waals surface area contributed by atoms with Gasteiger partial charge in [-0.15, -0.1) is 0 Å². The molecule has 0 aliphatic carbocycles. The Morgan fingerprint density at radius 3 is 1.00 bits per heavy atom. The van der Waals surface area contributed by atoms with Crippen LogP contribution in [-0.2, 0) is 0 Å². The summed E-state index contributed by atoms with van der Waals surface area (Å²) < 4.78 is 0.857. The van der Waals surface area contributed by atoms with Crippen molar-refractivity contribution in [2.24, 2.45) is 0 Å². The van der Waals surface area contributed by atoms with Gasteiger partial charge in [-0.2, -0.15) is 0 Å². The Morgan fingerprint density at radius 2 is 0.833 bits per heavy atom. The Morgan fingerprint density at radius 1 is 0.583 bits per heavy atom. The molecule has 0 aromatic heterocycles. The van der Waals surface area contributed by atoms with Crippen molar-refractivity contribution in [3.63, 3.8) is 0 Å². The minimum Gasteiger partial charge on any atom is -0.0554 e. The van der Waals surface area contributed by atoms with E-state index < -0.39 is 0 Å². The Labute approximate surface area is 156 Å². The Hall–Kier alpha value is 4.38. The van der Waals surface area contributed by atoms with Crippen molar-refractivity contribution in [3.05, 3.63) is 0 Å². The average Bonchev–Trinajstić information content (AvgIpc) is 1.76. The molecule has 0 saturated heterocycles. The number of hydrogen-bond acceptors (Lipinski definition) is 0. The molecule has 0 amide bonds. The third kappa shape index (κ3) is 14.4. The van der Waals surface area contributed by atoms with Crippen molar-refractivity contribution in [1.29, 1.82) is 0 Å².